The fraction of sp³-hybridized carbons (Fsp3) is 0.115. The van der Waals surface area contributed by atoms with Crippen LogP contribution in [0.1, 0.15) is 16.8 Å². The molecule has 5 N–H and O–H groups in total. The average Bonchev–Trinajstić information content (AvgIpc) is 3.28. The molecule has 5 aromatic rings. The number of halogens is 4. The van der Waals surface area contributed by atoms with Crippen molar-refractivity contribution >= 4 is 28.8 Å². The molecule has 0 aliphatic heterocycles. The highest BCUT2D eigenvalue weighted by atomic mass is 19.3. The Balaban J connectivity index is 1.39. The lowest BCUT2D eigenvalue weighted by atomic mass is 10.1. The summed E-state index contributed by atoms with van der Waals surface area (Å²) in [6.07, 6.45) is -0.00206. The largest absolute Gasteiger partial charge is 0.434 e. The number of alkyl halides is 2. The van der Waals surface area contributed by atoms with Crippen LogP contribution in [0.4, 0.5) is 34.0 Å². The molecule has 41 heavy (non-hydrogen) atoms. The van der Waals surface area contributed by atoms with Gasteiger partial charge in [-0.1, -0.05) is 36.4 Å². The summed E-state index contributed by atoms with van der Waals surface area (Å²) in [5.74, 6) is -2.53. The maximum atomic E-state index is 14.3. The summed E-state index contributed by atoms with van der Waals surface area (Å²) in [7, 11) is 0. The number of nitrogen functional groups attached to an aromatic ring is 2. The van der Waals surface area contributed by atoms with Crippen LogP contribution in [-0.2, 0) is 13.0 Å². The zero-order chi connectivity index (χ0) is 29.1. The summed E-state index contributed by atoms with van der Waals surface area (Å²) in [6.45, 7) is -3.27. The highest BCUT2D eigenvalue weighted by molar-refractivity contribution is 5.80. The third-order valence-electron chi connectivity index (χ3n) is 5.77. The van der Waals surface area contributed by atoms with E-state index in [1.807, 2.05) is 0 Å². The second kappa shape index (κ2) is 11.3. The zero-order valence-electron chi connectivity index (χ0n) is 20.9. The summed E-state index contributed by atoms with van der Waals surface area (Å²) in [5, 5.41) is 6.77. The highest BCUT2D eigenvalue weighted by Crippen LogP contribution is 2.29. The maximum absolute atomic E-state index is 14.3. The predicted octanol–water partition coefficient (Wildman–Crippen LogP) is 4.13. The van der Waals surface area contributed by atoms with Gasteiger partial charge in [0.2, 0.25) is 5.75 Å². The van der Waals surface area contributed by atoms with Gasteiger partial charge < -0.3 is 26.3 Å². The van der Waals surface area contributed by atoms with Crippen molar-refractivity contribution in [3.8, 4) is 17.4 Å². The number of carbonyl (C=O) groups is 1. The quantitative estimate of drug-likeness (QED) is 0.234. The van der Waals surface area contributed by atoms with E-state index in [-0.39, 0.29) is 58.6 Å². The Labute approximate surface area is 228 Å². The van der Waals surface area contributed by atoms with Gasteiger partial charge in [-0.15, -0.1) is 0 Å². The molecule has 0 spiro atoms. The van der Waals surface area contributed by atoms with Crippen molar-refractivity contribution in [1.82, 2.24) is 30.0 Å². The Kier molecular flexibility index (Phi) is 7.49. The van der Waals surface area contributed by atoms with Crippen LogP contribution in [0.2, 0.25) is 0 Å². The summed E-state index contributed by atoms with van der Waals surface area (Å²) < 4.78 is 64.4. The molecule has 1 amide bonds. The number of amides is 1. The molecule has 0 bridgehead atoms. The first kappa shape index (κ1) is 27.1. The van der Waals surface area contributed by atoms with Gasteiger partial charge in [0.25, 0.3) is 5.95 Å². The topological polar surface area (TPSA) is 156 Å². The minimum Gasteiger partial charge on any atom is -0.434 e. The second-order valence-electron chi connectivity index (χ2n) is 8.50. The minimum absolute atomic E-state index is 0.0343. The number of benzene rings is 2. The van der Waals surface area contributed by atoms with Gasteiger partial charge in [0.1, 0.15) is 22.9 Å². The number of rotatable bonds is 8. The van der Waals surface area contributed by atoms with Gasteiger partial charge in [-0.25, -0.2) is 18.6 Å². The van der Waals surface area contributed by atoms with E-state index in [1.54, 1.807) is 24.3 Å². The zero-order valence-corrected chi connectivity index (χ0v) is 20.9. The lowest BCUT2D eigenvalue weighted by molar-refractivity contribution is -0.0504. The van der Waals surface area contributed by atoms with E-state index in [0.717, 1.165) is 16.9 Å². The van der Waals surface area contributed by atoms with Crippen molar-refractivity contribution in [3.05, 3.63) is 89.2 Å². The van der Waals surface area contributed by atoms with Gasteiger partial charge in [-0.05, 0) is 17.7 Å². The number of ether oxygens (including phenoxy) is 2. The standard InChI is InChI=1S/C26H20F4N8O3/c27-15-10-18-20(33-12-15)17(9-13-5-1-3-7-16(13)28)37-38(18)25-35-22(31)21(23(32)36-25)41-26(39)34-11-14-6-2-4-8-19(14)40-24(29)30/h1-8,10,12,24H,9,11H2,(H,34,39)(H4,31,32,35,36). The lowest BCUT2D eigenvalue weighted by Crippen LogP contribution is -2.27. The van der Waals surface area contributed by atoms with Crippen molar-refractivity contribution in [2.24, 2.45) is 0 Å². The normalized spacial score (nSPS) is 11.1. The number of aromatic nitrogens is 5. The molecular formula is C26H20F4N8O3. The number of pyridine rings is 1. The van der Waals surface area contributed by atoms with E-state index in [2.05, 4.69) is 30.1 Å². The molecule has 3 aromatic heterocycles. The summed E-state index contributed by atoms with van der Waals surface area (Å²) in [4.78, 5) is 24.7. The Morgan fingerprint density at radius 1 is 1.00 bits per heavy atom. The van der Waals surface area contributed by atoms with Gasteiger partial charge in [-0.2, -0.15) is 28.5 Å². The number of nitrogens with two attached hydrogens (primary N) is 2. The summed E-state index contributed by atoms with van der Waals surface area (Å²) in [6, 6.07) is 13.1. The van der Waals surface area contributed by atoms with Gasteiger partial charge in [-0.3, -0.25) is 0 Å². The van der Waals surface area contributed by atoms with Crippen molar-refractivity contribution in [2.45, 2.75) is 19.6 Å². The van der Waals surface area contributed by atoms with Gasteiger partial charge in [0.15, 0.2) is 11.6 Å². The molecule has 5 rings (SSSR count). The first-order chi connectivity index (χ1) is 19.7. The number of hydrogen-bond donors (Lipinski definition) is 3. The first-order valence-electron chi connectivity index (χ1n) is 11.9. The van der Waals surface area contributed by atoms with E-state index >= 15 is 0 Å². The molecule has 0 aliphatic carbocycles. The van der Waals surface area contributed by atoms with Crippen LogP contribution in [-0.4, -0.2) is 37.4 Å². The van der Waals surface area contributed by atoms with E-state index in [9.17, 15) is 22.4 Å². The van der Waals surface area contributed by atoms with Crippen LogP contribution in [0.25, 0.3) is 17.0 Å². The van der Waals surface area contributed by atoms with Crippen LogP contribution in [0.5, 0.6) is 11.5 Å². The molecule has 2 aromatic carbocycles. The van der Waals surface area contributed by atoms with E-state index in [0.29, 0.717) is 11.3 Å². The van der Waals surface area contributed by atoms with Crippen molar-refractivity contribution in [1.29, 1.82) is 0 Å². The number of hydrogen-bond acceptors (Lipinski definition) is 9. The Morgan fingerprint density at radius 3 is 2.39 bits per heavy atom. The first-order valence-corrected chi connectivity index (χ1v) is 11.9. The van der Waals surface area contributed by atoms with Crippen LogP contribution in [0, 0.1) is 11.6 Å². The third-order valence-corrected chi connectivity index (χ3v) is 5.77. The number of carbonyl (C=O) groups excluding carboxylic acids is 1. The van der Waals surface area contributed by atoms with Crippen LogP contribution in [0.15, 0.2) is 60.8 Å². The molecule has 210 valence electrons. The van der Waals surface area contributed by atoms with Crippen molar-refractivity contribution < 1.29 is 31.8 Å². The van der Waals surface area contributed by atoms with E-state index < -0.39 is 24.3 Å². The fourth-order valence-electron chi connectivity index (χ4n) is 3.96. The molecule has 0 atom stereocenters. The average molecular weight is 568 g/mol. The van der Waals surface area contributed by atoms with Gasteiger partial charge in [0, 0.05) is 24.6 Å². The number of nitrogens with zero attached hydrogens (tertiary/aromatic N) is 5. The lowest BCUT2D eigenvalue weighted by Gasteiger charge is -2.13. The molecule has 11 nitrogen and oxygen atoms in total. The van der Waals surface area contributed by atoms with Gasteiger partial charge in [0.05, 0.1) is 17.4 Å². The summed E-state index contributed by atoms with van der Waals surface area (Å²) >= 11 is 0. The smallest absolute Gasteiger partial charge is 0.413 e. The molecular weight excluding hydrogens is 548 g/mol. The number of anilines is 2. The van der Waals surface area contributed by atoms with Gasteiger partial charge >= 0.3 is 12.7 Å². The van der Waals surface area contributed by atoms with Crippen LogP contribution < -0.4 is 26.3 Å². The van der Waals surface area contributed by atoms with Crippen LogP contribution >= 0.6 is 0 Å². The third kappa shape index (κ3) is 5.93. The predicted molar refractivity (Wildman–Crippen MR) is 138 cm³/mol. The number of fused-ring (bicyclic) bond motifs is 1. The molecule has 0 saturated heterocycles. The van der Waals surface area contributed by atoms with Crippen molar-refractivity contribution in [2.75, 3.05) is 11.5 Å². The molecule has 0 radical (unpaired) electrons. The molecule has 0 fully saturated rings. The van der Waals surface area contributed by atoms with Crippen molar-refractivity contribution in [3.63, 3.8) is 0 Å². The second-order valence-corrected chi connectivity index (χ2v) is 8.50. The molecule has 0 unspecified atom stereocenters. The van der Waals surface area contributed by atoms with E-state index in [4.69, 9.17) is 16.2 Å². The maximum Gasteiger partial charge on any atom is 0.413 e. The molecule has 0 saturated carbocycles. The number of para-hydroxylation sites is 1. The molecule has 3 heterocycles. The minimum atomic E-state index is -3.05. The fourth-order valence-corrected chi connectivity index (χ4v) is 3.96. The Morgan fingerprint density at radius 2 is 1.68 bits per heavy atom. The summed E-state index contributed by atoms with van der Waals surface area (Å²) in [5.41, 5.74) is 13.3. The Hall–Kier alpha value is -5.47. The monoisotopic (exact) mass is 568 g/mol. The Bertz CT molecular complexity index is 1720. The molecule has 15 heteroatoms. The SMILES string of the molecule is Nc1nc(-n2nc(Cc3ccccc3F)c3ncc(F)cc32)nc(N)c1OC(=O)NCc1ccccc1OC(F)F. The molecule has 0 aliphatic rings. The van der Waals surface area contributed by atoms with Crippen LogP contribution in [0.3, 0.4) is 0 Å². The van der Waals surface area contributed by atoms with E-state index in [1.165, 1.54) is 24.3 Å². The highest BCUT2D eigenvalue weighted by Gasteiger charge is 2.21. The number of nitrogens with one attached hydrogen (secondary N) is 1.